The first-order chi connectivity index (χ1) is 21.9. The standard InChI is InChI=1S/C36H66NO7P/c1-3-5-7-8-9-10-11-12-13-14-15-16-17-18-19-20-21-22-23-24-25-26-27-28-31-41-33-35(44-36(38)29-6-4-2)34-43-45(39,40)42-32-30-37/h5,7,9-10,12-13,15-16,35H,3-4,6,8,11,14,17-34,37H2,1-2H3,(H,39,40)/b7-5-,10-9-,13-12-,16-15-. The normalized spacial score (nSPS) is 14.3. The largest absolute Gasteiger partial charge is 0.472 e. The van der Waals surface area contributed by atoms with Crippen molar-refractivity contribution in [2.45, 2.75) is 142 Å². The maximum absolute atomic E-state index is 12.0. The van der Waals surface area contributed by atoms with Crippen LogP contribution in [0.15, 0.2) is 48.6 Å². The van der Waals surface area contributed by atoms with Gasteiger partial charge in [-0.25, -0.2) is 4.57 Å². The summed E-state index contributed by atoms with van der Waals surface area (Å²) in [7, 11) is -4.25. The first-order valence-electron chi connectivity index (χ1n) is 17.6. The van der Waals surface area contributed by atoms with Crippen molar-refractivity contribution in [3.63, 3.8) is 0 Å². The summed E-state index contributed by atoms with van der Waals surface area (Å²) >= 11 is 0. The van der Waals surface area contributed by atoms with E-state index in [9.17, 15) is 14.3 Å². The van der Waals surface area contributed by atoms with Crippen molar-refractivity contribution >= 4 is 13.8 Å². The monoisotopic (exact) mass is 655 g/mol. The van der Waals surface area contributed by atoms with Crippen molar-refractivity contribution in [3.8, 4) is 0 Å². The first kappa shape index (κ1) is 43.5. The van der Waals surface area contributed by atoms with E-state index in [2.05, 4.69) is 55.5 Å². The Morgan fingerprint density at radius 3 is 1.78 bits per heavy atom. The third-order valence-corrected chi connectivity index (χ3v) is 7.99. The van der Waals surface area contributed by atoms with Gasteiger partial charge in [0.2, 0.25) is 0 Å². The average molecular weight is 656 g/mol. The summed E-state index contributed by atoms with van der Waals surface area (Å²) in [6.45, 7) is 4.53. The molecule has 2 atom stereocenters. The Bertz CT molecular complexity index is 828. The number of hydrogen-bond donors (Lipinski definition) is 2. The number of ether oxygens (including phenoxy) is 2. The Balaban J connectivity index is 3.72. The number of nitrogens with two attached hydrogens (primary N) is 1. The van der Waals surface area contributed by atoms with Crippen LogP contribution in [0, 0.1) is 0 Å². The Morgan fingerprint density at radius 2 is 1.22 bits per heavy atom. The van der Waals surface area contributed by atoms with Gasteiger partial charge in [-0.2, -0.15) is 0 Å². The number of phosphoric ester groups is 1. The number of esters is 1. The van der Waals surface area contributed by atoms with Gasteiger partial charge in [0.1, 0.15) is 6.10 Å². The first-order valence-corrected chi connectivity index (χ1v) is 19.1. The van der Waals surface area contributed by atoms with Crippen LogP contribution >= 0.6 is 7.82 Å². The fraction of sp³-hybridized carbons (Fsp3) is 0.750. The number of carbonyl (C=O) groups excluding carboxylic acids is 1. The molecule has 0 spiro atoms. The van der Waals surface area contributed by atoms with Crippen molar-refractivity contribution in [1.82, 2.24) is 0 Å². The van der Waals surface area contributed by atoms with Crippen molar-refractivity contribution < 1.29 is 32.8 Å². The molecule has 0 aromatic rings. The van der Waals surface area contributed by atoms with Crippen LogP contribution in [-0.4, -0.2) is 49.9 Å². The Morgan fingerprint density at radius 1 is 0.689 bits per heavy atom. The second-order valence-electron chi connectivity index (χ2n) is 11.4. The highest BCUT2D eigenvalue weighted by Crippen LogP contribution is 2.43. The minimum atomic E-state index is -4.25. The SMILES string of the molecule is CC/C=C\C/C=C\C/C=C\C/C=C\CCCCCCCCCCCCCOCC(COP(=O)(O)OCCN)OC(=O)CCCC. The maximum atomic E-state index is 12.0. The summed E-state index contributed by atoms with van der Waals surface area (Å²) in [6.07, 6.45) is 38.1. The number of hydrogen-bond acceptors (Lipinski definition) is 7. The molecule has 3 N–H and O–H groups in total. The van der Waals surface area contributed by atoms with E-state index >= 15 is 0 Å². The van der Waals surface area contributed by atoms with Gasteiger partial charge in [0, 0.05) is 19.6 Å². The second-order valence-corrected chi connectivity index (χ2v) is 12.8. The maximum Gasteiger partial charge on any atom is 0.472 e. The van der Waals surface area contributed by atoms with Gasteiger partial charge in [0.15, 0.2) is 0 Å². The molecule has 0 fully saturated rings. The molecule has 0 aliphatic heterocycles. The smallest absolute Gasteiger partial charge is 0.457 e. The molecule has 0 radical (unpaired) electrons. The van der Waals surface area contributed by atoms with Crippen molar-refractivity contribution in [2.24, 2.45) is 5.73 Å². The minimum absolute atomic E-state index is 0.0979. The molecule has 2 unspecified atom stereocenters. The summed E-state index contributed by atoms with van der Waals surface area (Å²) in [5, 5.41) is 0. The van der Waals surface area contributed by atoms with Crippen LogP contribution in [0.1, 0.15) is 136 Å². The van der Waals surface area contributed by atoms with Crippen molar-refractivity contribution in [3.05, 3.63) is 48.6 Å². The van der Waals surface area contributed by atoms with E-state index in [-0.39, 0.29) is 32.3 Å². The van der Waals surface area contributed by atoms with Crippen molar-refractivity contribution in [1.29, 1.82) is 0 Å². The number of phosphoric acid groups is 1. The predicted molar refractivity (Wildman–Crippen MR) is 187 cm³/mol. The lowest BCUT2D eigenvalue weighted by Crippen LogP contribution is -2.28. The zero-order chi connectivity index (χ0) is 33.1. The number of rotatable bonds is 33. The van der Waals surface area contributed by atoms with Gasteiger partial charge in [-0.3, -0.25) is 13.8 Å². The van der Waals surface area contributed by atoms with Gasteiger partial charge in [-0.15, -0.1) is 0 Å². The minimum Gasteiger partial charge on any atom is -0.457 e. The molecule has 0 heterocycles. The van der Waals surface area contributed by atoms with E-state index in [4.69, 9.17) is 24.3 Å². The number of unbranched alkanes of at least 4 members (excludes halogenated alkanes) is 12. The van der Waals surface area contributed by atoms with E-state index in [1.54, 1.807) is 0 Å². The van der Waals surface area contributed by atoms with Gasteiger partial charge in [-0.1, -0.05) is 127 Å². The molecule has 0 saturated carbocycles. The highest BCUT2D eigenvalue weighted by atomic mass is 31.2. The van der Waals surface area contributed by atoms with Gasteiger partial charge >= 0.3 is 13.8 Å². The molecular weight excluding hydrogens is 589 g/mol. The summed E-state index contributed by atoms with van der Waals surface area (Å²) in [6, 6.07) is 0. The quantitative estimate of drug-likeness (QED) is 0.0311. The zero-order valence-corrected chi connectivity index (χ0v) is 29.5. The molecule has 9 heteroatoms. The lowest BCUT2D eigenvalue weighted by Gasteiger charge is -2.20. The highest BCUT2D eigenvalue weighted by molar-refractivity contribution is 7.47. The van der Waals surface area contributed by atoms with Crippen LogP contribution in [0.3, 0.4) is 0 Å². The number of carbonyl (C=O) groups is 1. The molecule has 0 aliphatic carbocycles. The molecule has 262 valence electrons. The van der Waals surface area contributed by atoms with Crippen LogP contribution in [0.25, 0.3) is 0 Å². The summed E-state index contributed by atoms with van der Waals surface area (Å²) in [5.74, 6) is -0.369. The van der Waals surface area contributed by atoms with Crippen LogP contribution in [-0.2, 0) is 27.9 Å². The molecule has 0 amide bonds. The average Bonchev–Trinajstić information content (AvgIpc) is 3.03. The van der Waals surface area contributed by atoms with Gasteiger partial charge in [0.05, 0.1) is 19.8 Å². The van der Waals surface area contributed by atoms with E-state index in [0.717, 1.165) is 51.4 Å². The lowest BCUT2D eigenvalue weighted by atomic mass is 10.1. The van der Waals surface area contributed by atoms with E-state index < -0.39 is 13.9 Å². The number of allylic oxidation sites excluding steroid dienone is 8. The van der Waals surface area contributed by atoms with Crippen LogP contribution in [0.5, 0.6) is 0 Å². The molecule has 0 aromatic carbocycles. The molecule has 0 saturated heterocycles. The van der Waals surface area contributed by atoms with Gasteiger partial charge in [-0.05, 0) is 51.4 Å². The fourth-order valence-corrected chi connectivity index (χ4v) is 5.20. The van der Waals surface area contributed by atoms with Crippen LogP contribution < -0.4 is 5.73 Å². The molecule has 8 nitrogen and oxygen atoms in total. The Hall–Kier alpha value is -1.54. The molecule has 0 aromatic heterocycles. The van der Waals surface area contributed by atoms with Crippen LogP contribution in [0.2, 0.25) is 0 Å². The third-order valence-electron chi connectivity index (χ3n) is 7.01. The van der Waals surface area contributed by atoms with Gasteiger partial charge in [0.25, 0.3) is 0 Å². The Labute approximate surface area is 275 Å². The molecule has 0 bridgehead atoms. The van der Waals surface area contributed by atoms with Gasteiger partial charge < -0.3 is 20.1 Å². The zero-order valence-electron chi connectivity index (χ0n) is 28.6. The molecule has 45 heavy (non-hydrogen) atoms. The summed E-state index contributed by atoms with van der Waals surface area (Å²) < 4.78 is 32.7. The van der Waals surface area contributed by atoms with Crippen LogP contribution in [0.4, 0.5) is 0 Å². The van der Waals surface area contributed by atoms with Crippen molar-refractivity contribution in [2.75, 3.05) is 33.0 Å². The topological polar surface area (TPSA) is 117 Å². The van der Waals surface area contributed by atoms with E-state index in [0.29, 0.717) is 13.0 Å². The molecule has 0 rings (SSSR count). The van der Waals surface area contributed by atoms with E-state index in [1.807, 2.05) is 6.92 Å². The third kappa shape index (κ3) is 33.6. The Kier molecular flexibility index (Phi) is 32.7. The predicted octanol–water partition coefficient (Wildman–Crippen LogP) is 9.68. The molecule has 0 aliphatic rings. The molecular formula is C36H66NO7P. The van der Waals surface area contributed by atoms with E-state index in [1.165, 1.54) is 64.2 Å². The fourth-order valence-electron chi connectivity index (χ4n) is 4.43. The summed E-state index contributed by atoms with van der Waals surface area (Å²) in [5.41, 5.74) is 5.30. The lowest BCUT2D eigenvalue weighted by molar-refractivity contribution is -0.154. The second kappa shape index (κ2) is 33.8. The summed E-state index contributed by atoms with van der Waals surface area (Å²) in [4.78, 5) is 21.7. The highest BCUT2D eigenvalue weighted by Gasteiger charge is 2.25.